The molecule has 0 aromatic carbocycles. The van der Waals surface area contributed by atoms with Crippen molar-refractivity contribution in [2.45, 2.75) is 58.8 Å². The monoisotopic (exact) mass is 242 g/mol. The minimum Gasteiger partial charge on any atom is -0.120 e. The van der Waals surface area contributed by atoms with Crippen molar-refractivity contribution in [3.63, 3.8) is 0 Å². The van der Waals surface area contributed by atoms with Crippen molar-refractivity contribution in [1.82, 2.24) is 0 Å². The molecule has 1 unspecified atom stereocenters. The van der Waals surface area contributed by atoms with Crippen LogP contribution in [0.5, 0.6) is 0 Å². The molecule has 18 heavy (non-hydrogen) atoms. The minimum absolute atomic E-state index is 0.00756. The van der Waals surface area contributed by atoms with E-state index in [1.54, 1.807) is 0 Å². The third-order valence-electron chi connectivity index (χ3n) is 3.17. The van der Waals surface area contributed by atoms with Crippen LogP contribution in [-0.2, 0) is 0 Å². The maximum Gasteiger partial charge on any atom is 0.0426 e. The van der Waals surface area contributed by atoms with E-state index < -0.39 is 0 Å². The standard InChI is InChI=1S/C18H26/c1-5-9-11-12-13-17-18(14-7-3,15-8-4)16-10-6-2/h3,5-6,9H,2,10-14,16-17H2,1,4H3. The first kappa shape index (κ1) is 16.6. The predicted octanol–water partition coefficient (Wildman–Crippen LogP) is 5.12. The highest BCUT2D eigenvalue weighted by atomic mass is 14.3. The number of allylic oxidation sites excluding steroid dienone is 3. The average Bonchev–Trinajstić information content (AvgIpc) is 2.37. The van der Waals surface area contributed by atoms with Crippen molar-refractivity contribution in [3.8, 4) is 24.2 Å². The Hall–Kier alpha value is -1.40. The number of rotatable bonds is 9. The van der Waals surface area contributed by atoms with E-state index in [0.717, 1.165) is 32.1 Å². The van der Waals surface area contributed by atoms with Crippen LogP contribution in [-0.4, -0.2) is 0 Å². The summed E-state index contributed by atoms with van der Waals surface area (Å²) in [5.41, 5.74) is 0.00756. The van der Waals surface area contributed by atoms with Gasteiger partial charge in [0.1, 0.15) is 0 Å². The molecule has 0 aromatic rings. The van der Waals surface area contributed by atoms with Crippen molar-refractivity contribution in [2.75, 3.05) is 0 Å². The normalized spacial score (nSPS) is 13.4. The van der Waals surface area contributed by atoms with E-state index in [0.29, 0.717) is 0 Å². The zero-order valence-corrected chi connectivity index (χ0v) is 12.0. The van der Waals surface area contributed by atoms with Gasteiger partial charge in [-0.25, -0.2) is 0 Å². The van der Waals surface area contributed by atoms with Crippen LogP contribution in [0.25, 0.3) is 0 Å². The first-order valence-corrected chi connectivity index (χ1v) is 6.84. The van der Waals surface area contributed by atoms with Crippen LogP contribution in [0.4, 0.5) is 0 Å². The molecule has 0 aliphatic heterocycles. The lowest BCUT2D eigenvalue weighted by Gasteiger charge is -2.26. The van der Waals surface area contributed by atoms with Crippen LogP contribution in [0.2, 0.25) is 0 Å². The zero-order valence-electron chi connectivity index (χ0n) is 12.0. The van der Waals surface area contributed by atoms with Crippen molar-refractivity contribution in [3.05, 3.63) is 24.8 Å². The smallest absolute Gasteiger partial charge is 0.0426 e. The Balaban J connectivity index is 4.45. The van der Waals surface area contributed by atoms with Gasteiger partial charge >= 0.3 is 0 Å². The lowest BCUT2D eigenvalue weighted by Crippen LogP contribution is -2.18. The summed E-state index contributed by atoms with van der Waals surface area (Å²) in [5.74, 6) is 9.23. The molecule has 0 radical (unpaired) electrons. The molecule has 0 amide bonds. The fourth-order valence-corrected chi connectivity index (χ4v) is 2.20. The summed E-state index contributed by atoms with van der Waals surface area (Å²) >= 11 is 0. The Bertz CT molecular complexity index is 342. The van der Waals surface area contributed by atoms with E-state index in [4.69, 9.17) is 6.42 Å². The summed E-state index contributed by atoms with van der Waals surface area (Å²) in [7, 11) is 0. The zero-order chi connectivity index (χ0) is 13.7. The Kier molecular flexibility index (Phi) is 9.90. The average molecular weight is 242 g/mol. The second-order valence-corrected chi connectivity index (χ2v) is 4.68. The maximum absolute atomic E-state index is 5.51. The van der Waals surface area contributed by atoms with Crippen LogP contribution >= 0.6 is 0 Å². The van der Waals surface area contributed by atoms with Gasteiger partial charge < -0.3 is 0 Å². The van der Waals surface area contributed by atoms with Gasteiger partial charge in [0.15, 0.2) is 0 Å². The molecule has 0 fully saturated rings. The molecule has 0 heteroatoms. The molecule has 0 saturated heterocycles. The van der Waals surface area contributed by atoms with Gasteiger partial charge in [0.25, 0.3) is 0 Å². The Labute approximate surface area is 114 Å². The fourth-order valence-electron chi connectivity index (χ4n) is 2.20. The molecule has 0 heterocycles. The number of terminal acetylenes is 1. The number of hydrogen-bond donors (Lipinski definition) is 0. The van der Waals surface area contributed by atoms with Crippen molar-refractivity contribution < 1.29 is 0 Å². The summed E-state index contributed by atoms with van der Waals surface area (Å²) < 4.78 is 0. The third-order valence-corrected chi connectivity index (χ3v) is 3.17. The topological polar surface area (TPSA) is 0 Å². The van der Waals surface area contributed by atoms with Crippen molar-refractivity contribution >= 4 is 0 Å². The van der Waals surface area contributed by atoms with Crippen LogP contribution in [0.15, 0.2) is 24.8 Å². The molecule has 0 saturated carbocycles. The fraction of sp³-hybridized carbons (Fsp3) is 0.556. The van der Waals surface area contributed by atoms with Crippen LogP contribution in [0.1, 0.15) is 58.8 Å². The van der Waals surface area contributed by atoms with Gasteiger partial charge in [-0.1, -0.05) is 30.6 Å². The molecule has 0 spiro atoms. The van der Waals surface area contributed by atoms with Gasteiger partial charge in [-0.05, 0) is 46.0 Å². The van der Waals surface area contributed by atoms with Gasteiger partial charge in [0.05, 0.1) is 0 Å². The minimum atomic E-state index is 0.00756. The molecule has 0 aromatic heterocycles. The van der Waals surface area contributed by atoms with Gasteiger partial charge in [-0.3, -0.25) is 0 Å². The summed E-state index contributed by atoms with van der Waals surface area (Å²) in [5, 5.41) is 0. The first-order valence-electron chi connectivity index (χ1n) is 6.84. The van der Waals surface area contributed by atoms with Gasteiger partial charge in [-0.2, -0.15) is 0 Å². The Morgan fingerprint density at radius 2 is 2.00 bits per heavy atom. The molecule has 0 nitrogen and oxygen atoms in total. The lowest BCUT2D eigenvalue weighted by molar-refractivity contribution is 0.338. The molecule has 0 aliphatic rings. The molecular formula is C18H26. The number of hydrogen-bond acceptors (Lipinski definition) is 0. The lowest BCUT2D eigenvalue weighted by atomic mass is 9.76. The molecule has 0 rings (SSSR count). The van der Waals surface area contributed by atoms with E-state index in [1.165, 1.54) is 12.8 Å². The highest BCUT2D eigenvalue weighted by Gasteiger charge is 2.25. The van der Waals surface area contributed by atoms with Crippen LogP contribution in [0, 0.1) is 29.6 Å². The largest absolute Gasteiger partial charge is 0.120 e. The van der Waals surface area contributed by atoms with Crippen LogP contribution < -0.4 is 0 Å². The maximum atomic E-state index is 5.51. The van der Waals surface area contributed by atoms with E-state index in [2.05, 4.69) is 43.4 Å². The second-order valence-electron chi connectivity index (χ2n) is 4.68. The summed E-state index contributed by atoms with van der Waals surface area (Å²) in [4.78, 5) is 0. The van der Waals surface area contributed by atoms with E-state index in [1.807, 2.05) is 13.0 Å². The van der Waals surface area contributed by atoms with E-state index in [9.17, 15) is 0 Å². The molecule has 0 bridgehead atoms. The SMILES string of the molecule is C#CCC(C#CC)(CCC=C)CCCCC=CC. The highest BCUT2D eigenvalue weighted by Crippen LogP contribution is 2.33. The van der Waals surface area contributed by atoms with E-state index in [-0.39, 0.29) is 5.41 Å². The third kappa shape index (κ3) is 7.03. The van der Waals surface area contributed by atoms with Crippen LogP contribution in [0.3, 0.4) is 0 Å². The van der Waals surface area contributed by atoms with Gasteiger partial charge in [-0.15, -0.1) is 24.8 Å². The van der Waals surface area contributed by atoms with Gasteiger partial charge in [0, 0.05) is 11.8 Å². The first-order chi connectivity index (χ1) is 8.74. The quantitative estimate of drug-likeness (QED) is 0.299. The summed E-state index contributed by atoms with van der Waals surface area (Å²) in [6.45, 7) is 7.76. The van der Waals surface area contributed by atoms with E-state index >= 15 is 0 Å². The predicted molar refractivity (Wildman–Crippen MR) is 82.0 cm³/mol. The molecule has 98 valence electrons. The van der Waals surface area contributed by atoms with Gasteiger partial charge in [0.2, 0.25) is 0 Å². The molecular weight excluding hydrogens is 216 g/mol. The Morgan fingerprint density at radius 3 is 2.56 bits per heavy atom. The van der Waals surface area contributed by atoms with Crippen molar-refractivity contribution in [1.29, 1.82) is 0 Å². The van der Waals surface area contributed by atoms with Crippen molar-refractivity contribution in [2.24, 2.45) is 5.41 Å². The number of unbranched alkanes of at least 4 members (excludes halogenated alkanes) is 2. The second kappa shape index (κ2) is 10.7. The summed E-state index contributed by atoms with van der Waals surface area (Å²) in [6.07, 6.45) is 19.3. The molecule has 1 atom stereocenters. The molecule has 0 aliphatic carbocycles. The Morgan fingerprint density at radius 1 is 1.22 bits per heavy atom. The molecule has 0 N–H and O–H groups in total. The highest BCUT2D eigenvalue weighted by molar-refractivity contribution is 5.15. The summed E-state index contributed by atoms with van der Waals surface area (Å²) in [6, 6.07) is 0.